The van der Waals surface area contributed by atoms with Crippen LogP contribution >= 0.6 is 15.9 Å². The van der Waals surface area contributed by atoms with Gasteiger partial charge < -0.3 is 0 Å². The van der Waals surface area contributed by atoms with Crippen LogP contribution in [0.2, 0.25) is 0 Å². The smallest absolute Gasteiger partial charge is 0.184 e. The fraction of sp³-hybridized carbons (Fsp3) is 0.412. The summed E-state index contributed by atoms with van der Waals surface area (Å²) >= 11 is 3.42. The lowest BCUT2D eigenvalue weighted by molar-refractivity contribution is 0.316. The van der Waals surface area contributed by atoms with Gasteiger partial charge >= 0.3 is 0 Å². The predicted molar refractivity (Wildman–Crippen MR) is 90.7 cm³/mol. The minimum absolute atomic E-state index is 0.509. The number of sulfone groups is 1. The molecule has 0 amide bonds. The van der Waals surface area contributed by atoms with Crippen molar-refractivity contribution in [2.24, 2.45) is 0 Å². The van der Waals surface area contributed by atoms with Gasteiger partial charge in [0.2, 0.25) is 0 Å². The van der Waals surface area contributed by atoms with E-state index in [4.69, 9.17) is 0 Å². The topological polar surface area (TPSA) is 34.1 Å². The molecule has 0 aromatic heterocycles. The Balaban J connectivity index is 2.12. The zero-order valence-corrected chi connectivity index (χ0v) is 14.3. The van der Waals surface area contributed by atoms with Crippen LogP contribution in [0.25, 0.3) is 10.8 Å². The molecule has 0 aliphatic heterocycles. The van der Waals surface area contributed by atoms with Crippen molar-refractivity contribution in [2.75, 3.05) is 5.33 Å². The molecule has 0 heterocycles. The lowest BCUT2D eigenvalue weighted by Crippen LogP contribution is -2.45. The fourth-order valence-electron chi connectivity index (χ4n) is 3.28. The fourth-order valence-corrected chi connectivity index (χ4v) is 6.00. The van der Waals surface area contributed by atoms with Gasteiger partial charge in [0.05, 0.1) is 9.64 Å². The van der Waals surface area contributed by atoms with E-state index in [0.717, 1.165) is 48.2 Å². The number of alkyl halides is 1. The van der Waals surface area contributed by atoms with E-state index in [1.54, 1.807) is 6.07 Å². The van der Waals surface area contributed by atoms with Gasteiger partial charge in [-0.1, -0.05) is 58.7 Å². The standard InChI is InChI=1S/C17H19BrO2S/c18-13-5-12-17(10-4-11-17)21(19,20)16-9-3-7-14-6-1-2-8-15(14)16/h1-3,6-9H,4-5,10-13H2. The first-order chi connectivity index (χ1) is 10.1. The molecule has 1 saturated carbocycles. The Morgan fingerprint density at radius 1 is 1.05 bits per heavy atom. The molecule has 0 N–H and O–H groups in total. The monoisotopic (exact) mass is 366 g/mol. The Hall–Kier alpha value is -0.870. The van der Waals surface area contributed by atoms with Crippen LogP contribution in [0.4, 0.5) is 0 Å². The highest BCUT2D eigenvalue weighted by Crippen LogP contribution is 2.47. The van der Waals surface area contributed by atoms with Crippen molar-refractivity contribution in [2.45, 2.75) is 41.7 Å². The predicted octanol–water partition coefficient (Wildman–Crippen LogP) is 4.71. The molecule has 112 valence electrons. The number of hydrogen-bond donors (Lipinski definition) is 0. The molecule has 1 aliphatic carbocycles. The molecule has 1 fully saturated rings. The molecule has 0 atom stereocenters. The van der Waals surface area contributed by atoms with Gasteiger partial charge in [-0.3, -0.25) is 0 Å². The molecule has 0 radical (unpaired) electrons. The van der Waals surface area contributed by atoms with Gasteiger partial charge in [0.1, 0.15) is 0 Å². The summed E-state index contributed by atoms with van der Waals surface area (Å²) in [7, 11) is -3.28. The Morgan fingerprint density at radius 3 is 2.43 bits per heavy atom. The van der Waals surface area contributed by atoms with Crippen LogP contribution in [-0.2, 0) is 9.84 Å². The molecule has 4 heteroatoms. The Morgan fingerprint density at radius 2 is 1.76 bits per heavy atom. The first-order valence-corrected chi connectivity index (χ1v) is 10.00. The van der Waals surface area contributed by atoms with Gasteiger partial charge in [0.25, 0.3) is 0 Å². The second kappa shape index (κ2) is 5.73. The third-order valence-electron chi connectivity index (χ3n) is 4.64. The molecule has 0 unspecified atom stereocenters. The van der Waals surface area contributed by atoms with Crippen LogP contribution in [0.3, 0.4) is 0 Å². The van der Waals surface area contributed by atoms with E-state index in [2.05, 4.69) is 15.9 Å². The lowest BCUT2D eigenvalue weighted by atomic mass is 9.81. The van der Waals surface area contributed by atoms with E-state index in [9.17, 15) is 8.42 Å². The largest absolute Gasteiger partial charge is 0.223 e. The molecule has 2 aromatic rings. The molecule has 0 spiro atoms. The van der Waals surface area contributed by atoms with E-state index in [1.807, 2.05) is 36.4 Å². The first-order valence-electron chi connectivity index (χ1n) is 7.39. The summed E-state index contributed by atoms with van der Waals surface area (Å²) in [5, 5.41) is 2.71. The van der Waals surface area contributed by atoms with Crippen molar-refractivity contribution in [3.05, 3.63) is 42.5 Å². The maximum absolute atomic E-state index is 13.2. The maximum atomic E-state index is 13.2. The average Bonchev–Trinajstić information content (AvgIpc) is 2.45. The van der Waals surface area contributed by atoms with E-state index >= 15 is 0 Å². The molecule has 3 rings (SSSR count). The van der Waals surface area contributed by atoms with Crippen molar-refractivity contribution in [3.63, 3.8) is 0 Å². The number of fused-ring (bicyclic) bond motifs is 1. The lowest BCUT2D eigenvalue weighted by Gasteiger charge is -2.41. The summed E-state index contributed by atoms with van der Waals surface area (Å²) in [5.74, 6) is 0. The normalized spacial score (nSPS) is 17.6. The van der Waals surface area contributed by atoms with Crippen molar-refractivity contribution < 1.29 is 8.42 Å². The van der Waals surface area contributed by atoms with Crippen LogP contribution < -0.4 is 0 Å². The van der Waals surface area contributed by atoms with E-state index in [0.29, 0.717) is 4.90 Å². The number of halogens is 1. The second-order valence-corrected chi connectivity index (χ2v) is 8.92. The van der Waals surface area contributed by atoms with E-state index in [-0.39, 0.29) is 0 Å². The van der Waals surface area contributed by atoms with Gasteiger partial charge in [0, 0.05) is 10.7 Å². The molecular weight excluding hydrogens is 348 g/mol. The summed E-state index contributed by atoms with van der Waals surface area (Å²) in [6, 6.07) is 13.3. The highest BCUT2D eigenvalue weighted by molar-refractivity contribution is 9.09. The highest BCUT2D eigenvalue weighted by atomic mass is 79.9. The maximum Gasteiger partial charge on any atom is 0.184 e. The zero-order valence-electron chi connectivity index (χ0n) is 11.9. The van der Waals surface area contributed by atoms with Crippen molar-refractivity contribution in [3.8, 4) is 0 Å². The number of rotatable bonds is 5. The van der Waals surface area contributed by atoms with E-state index < -0.39 is 14.6 Å². The SMILES string of the molecule is O=S(=O)(c1cccc2ccccc12)C1(CCCBr)CCC1. The molecule has 1 aliphatic rings. The van der Waals surface area contributed by atoms with E-state index in [1.165, 1.54) is 0 Å². The average molecular weight is 367 g/mol. The van der Waals surface area contributed by atoms with Crippen molar-refractivity contribution in [1.82, 2.24) is 0 Å². The van der Waals surface area contributed by atoms with Crippen molar-refractivity contribution in [1.29, 1.82) is 0 Å². The Bertz CT molecular complexity index is 743. The zero-order chi connectivity index (χ0) is 14.9. The van der Waals surface area contributed by atoms with Crippen molar-refractivity contribution >= 4 is 36.5 Å². The molecule has 21 heavy (non-hydrogen) atoms. The van der Waals surface area contributed by atoms with Crippen LogP contribution in [0, 0.1) is 0 Å². The summed E-state index contributed by atoms with van der Waals surface area (Å²) in [6.45, 7) is 0. The third kappa shape index (κ3) is 2.42. The molecule has 2 nitrogen and oxygen atoms in total. The van der Waals surface area contributed by atoms with Crippen LogP contribution in [0.15, 0.2) is 47.4 Å². The van der Waals surface area contributed by atoms with Crippen LogP contribution in [0.5, 0.6) is 0 Å². The molecule has 0 bridgehead atoms. The number of benzene rings is 2. The molecular formula is C17H19BrO2S. The second-order valence-electron chi connectivity index (χ2n) is 5.81. The Kier molecular flexibility index (Phi) is 4.10. The summed E-state index contributed by atoms with van der Waals surface area (Å²) < 4.78 is 25.9. The van der Waals surface area contributed by atoms with Gasteiger partial charge in [-0.2, -0.15) is 0 Å². The highest BCUT2D eigenvalue weighted by Gasteiger charge is 2.49. The quantitative estimate of drug-likeness (QED) is 0.717. The first kappa shape index (κ1) is 15.0. The molecule has 0 saturated heterocycles. The number of hydrogen-bond acceptors (Lipinski definition) is 2. The van der Waals surface area contributed by atoms with Crippen LogP contribution in [0.1, 0.15) is 32.1 Å². The minimum Gasteiger partial charge on any atom is -0.223 e. The minimum atomic E-state index is -3.28. The summed E-state index contributed by atoms with van der Waals surface area (Å²) in [5.41, 5.74) is 0. The summed E-state index contributed by atoms with van der Waals surface area (Å²) in [6.07, 6.45) is 4.27. The van der Waals surface area contributed by atoms with Gasteiger partial charge in [-0.25, -0.2) is 8.42 Å². The summed E-state index contributed by atoms with van der Waals surface area (Å²) in [4.78, 5) is 0.509. The van der Waals surface area contributed by atoms with Gasteiger partial charge in [-0.15, -0.1) is 0 Å². The van der Waals surface area contributed by atoms with Gasteiger partial charge in [-0.05, 0) is 37.1 Å². The van der Waals surface area contributed by atoms with Gasteiger partial charge in [0.15, 0.2) is 9.84 Å². The molecule has 2 aromatic carbocycles. The van der Waals surface area contributed by atoms with Crippen LogP contribution in [-0.4, -0.2) is 18.5 Å². The Labute approximate surface area is 134 Å². The third-order valence-corrected chi connectivity index (χ3v) is 7.89.